The molecule has 0 aromatic heterocycles. The zero-order chi connectivity index (χ0) is 13.7. The van der Waals surface area contributed by atoms with E-state index in [-0.39, 0.29) is 0 Å². The largest absolute Gasteiger partial charge is 0.319 e. The highest BCUT2D eigenvalue weighted by Crippen LogP contribution is 2.23. The van der Waals surface area contributed by atoms with Crippen LogP contribution in [0.2, 0.25) is 0 Å². The second-order valence-corrected chi connectivity index (χ2v) is 6.11. The maximum absolute atomic E-state index is 3.33. The Morgan fingerprint density at radius 3 is 2.28 bits per heavy atom. The van der Waals surface area contributed by atoms with E-state index in [1.807, 2.05) is 7.05 Å². The molecule has 1 N–H and O–H groups in total. The Bertz CT molecular complexity index is 366. The summed E-state index contributed by atoms with van der Waals surface area (Å²) in [6.07, 6.45) is 1.19. The van der Waals surface area contributed by atoms with E-state index < -0.39 is 0 Å². The minimum Gasteiger partial charge on any atom is -0.319 e. The molecule has 0 heterocycles. The Morgan fingerprint density at radius 1 is 1.11 bits per heavy atom. The molecule has 0 radical (unpaired) electrons. The summed E-state index contributed by atoms with van der Waals surface area (Å²) in [7, 11) is 2.05. The summed E-state index contributed by atoms with van der Waals surface area (Å²) in [5.74, 6) is 2.06. The van der Waals surface area contributed by atoms with Crippen LogP contribution in [0.3, 0.4) is 0 Å². The van der Waals surface area contributed by atoms with Gasteiger partial charge in [0.15, 0.2) is 0 Å². The molecule has 1 nitrogen and oxygen atoms in total. The second kappa shape index (κ2) is 6.94. The van der Waals surface area contributed by atoms with Crippen LogP contribution in [-0.4, -0.2) is 13.6 Å². The SMILES string of the molecule is CNCC(Cc1cc(C(C)C)ccc1C)C(C)C. The fourth-order valence-corrected chi connectivity index (χ4v) is 2.36. The van der Waals surface area contributed by atoms with Gasteiger partial charge in [0.1, 0.15) is 0 Å². The number of rotatable bonds is 6. The van der Waals surface area contributed by atoms with Crippen LogP contribution in [0.15, 0.2) is 18.2 Å². The van der Waals surface area contributed by atoms with Gasteiger partial charge < -0.3 is 5.32 Å². The Hall–Kier alpha value is -0.820. The fraction of sp³-hybridized carbons (Fsp3) is 0.647. The van der Waals surface area contributed by atoms with Crippen molar-refractivity contribution in [2.75, 3.05) is 13.6 Å². The molecule has 0 bridgehead atoms. The summed E-state index contributed by atoms with van der Waals surface area (Å²) in [6.45, 7) is 12.5. The predicted octanol–water partition coefficient (Wildman–Crippen LogP) is 4.15. The molecule has 102 valence electrons. The fourth-order valence-electron chi connectivity index (χ4n) is 2.36. The van der Waals surface area contributed by atoms with Gasteiger partial charge in [-0.2, -0.15) is 0 Å². The molecule has 0 saturated carbocycles. The number of aryl methyl sites for hydroxylation is 1. The first-order valence-corrected chi connectivity index (χ1v) is 7.19. The van der Waals surface area contributed by atoms with Gasteiger partial charge >= 0.3 is 0 Å². The van der Waals surface area contributed by atoms with Gasteiger partial charge in [-0.1, -0.05) is 45.9 Å². The van der Waals surface area contributed by atoms with Gasteiger partial charge in [0.2, 0.25) is 0 Å². The number of nitrogens with one attached hydrogen (secondary N) is 1. The van der Waals surface area contributed by atoms with Gasteiger partial charge in [0.05, 0.1) is 0 Å². The van der Waals surface area contributed by atoms with Gasteiger partial charge in [0, 0.05) is 0 Å². The van der Waals surface area contributed by atoms with Gasteiger partial charge in [-0.25, -0.2) is 0 Å². The number of hydrogen-bond acceptors (Lipinski definition) is 1. The van der Waals surface area contributed by atoms with Crippen LogP contribution in [-0.2, 0) is 6.42 Å². The van der Waals surface area contributed by atoms with Crippen molar-refractivity contribution in [3.8, 4) is 0 Å². The lowest BCUT2D eigenvalue weighted by molar-refractivity contribution is 0.370. The van der Waals surface area contributed by atoms with E-state index in [1.54, 1.807) is 0 Å². The van der Waals surface area contributed by atoms with Crippen LogP contribution in [0.1, 0.15) is 50.3 Å². The molecule has 1 rings (SSSR count). The molecular formula is C17H29N. The monoisotopic (exact) mass is 247 g/mol. The van der Waals surface area contributed by atoms with Crippen molar-refractivity contribution in [2.45, 2.75) is 47.0 Å². The van der Waals surface area contributed by atoms with Crippen LogP contribution < -0.4 is 5.32 Å². The molecule has 1 aromatic rings. The zero-order valence-corrected chi connectivity index (χ0v) is 12.9. The van der Waals surface area contributed by atoms with Crippen molar-refractivity contribution >= 4 is 0 Å². The highest BCUT2D eigenvalue weighted by atomic mass is 14.8. The summed E-state index contributed by atoms with van der Waals surface area (Å²) in [6, 6.07) is 6.96. The van der Waals surface area contributed by atoms with Crippen molar-refractivity contribution < 1.29 is 0 Å². The number of hydrogen-bond donors (Lipinski definition) is 1. The van der Waals surface area contributed by atoms with Gasteiger partial charge in [0.25, 0.3) is 0 Å². The average molecular weight is 247 g/mol. The second-order valence-electron chi connectivity index (χ2n) is 6.11. The summed E-state index contributed by atoms with van der Waals surface area (Å²) < 4.78 is 0. The Kier molecular flexibility index (Phi) is 5.87. The van der Waals surface area contributed by atoms with Crippen LogP contribution in [0.4, 0.5) is 0 Å². The van der Waals surface area contributed by atoms with E-state index >= 15 is 0 Å². The van der Waals surface area contributed by atoms with E-state index in [1.165, 1.54) is 23.1 Å². The van der Waals surface area contributed by atoms with Gasteiger partial charge in [-0.3, -0.25) is 0 Å². The van der Waals surface area contributed by atoms with E-state index in [2.05, 4.69) is 58.1 Å². The maximum atomic E-state index is 3.33. The van der Waals surface area contributed by atoms with Crippen molar-refractivity contribution in [3.63, 3.8) is 0 Å². The van der Waals surface area contributed by atoms with E-state index in [0.29, 0.717) is 5.92 Å². The molecule has 1 heteroatoms. The summed E-state index contributed by atoms with van der Waals surface area (Å²) >= 11 is 0. The Balaban J connectivity index is 2.90. The molecule has 0 aliphatic heterocycles. The van der Waals surface area contributed by atoms with Crippen molar-refractivity contribution in [1.29, 1.82) is 0 Å². The van der Waals surface area contributed by atoms with Crippen molar-refractivity contribution in [2.24, 2.45) is 11.8 Å². The molecule has 0 aliphatic carbocycles. The highest BCUT2D eigenvalue weighted by Gasteiger charge is 2.15. The van der Waals surface area contributed by atoms with Gasteiger partial charge in [-0.15, -0.1) is 0 Å². The molecule has 1 unspecified atom stereocenters. The van der Waals surface area contributed by atoms with E-state index in [0.717, 1.165) is 18.4 Å². The lowest BCUT2D eigenvalue weighted by atomic mass is 9.86. The molecule has 1 atom stereocenters. The van der Waals surface area contributed by atoms with Crippen LogP contribution in [0.5, 0.6) is 0 Å². The molecule has 1 aromatic carbocycles. The quantitative estimate of drug-likeness (QED) is 0.796. The normalized spacial score (nSPS) is 13.3. The molecular weight excluding hydrogens is 218 g/mol. The standard InChI is InChI=1S/C17H29N/c1-12(2)15-8-7-14(5)16(9-15)10-17(11-18-6)13(3)4/h7-9,12-13,17-18H,10-11H2,1-6H3. The van der Waals surface area contributed by atoms with Crippen molar-refractivity contribution in [1.82, 2.24) is 5.32 Å². The topological polar surface area (TPSA) is 12.0 Å². The Labute approximate surface area is 113 Å². The molecule has 0 saturated heterocycles. The molecule has 0 fully saturated rings. The first-order chi connectivity index (χ1) is 8.45. The van der Waals surface area contributed by atoms with E-state index in [4.69, 9.17) is 0 Å². The molecule has 0 amide bonds. The first kappa shape index (κ1) is 15.2. The molecule has 18 heavy (non-hydrogen) atoms. The molecule has 0 aliphatic rings. The zero-order valence-electron chi connectivity index (χ0n) is 12.9. The third kappa shape index (κ3) is 4.13. The third-order valence-electron chi connectivity index (χ3n) is 3.93. The first-order valence-electron chi connectivity index (χ1n) is 7.19. The lowest BCUT2D eigenvalue weighted by Crippen LogP contribution is -2.25. The lowest BCUT2D eigenvalue weighted by Gasteiger charge is -2.22. The summed E-state index contributed by atoms with van der Waals surface area (Å²) in [4.78, 5) is 0. The smallest absolute Gasteiger partial charge is 0.00179 e. The van der Waals surface area contributed by atoms with Crippen LogP contribution in [0, 0.1) is 18.8 Å². The summed E-state index contributed by atoms with van der Waals surface area (Å²) in [5.41, 5.74) is 4.42. The maximum Gasteiger partial charge on any atom is -0.00179 e. The predicted molar refractivity (Wildman–Crippen MR) is 81.2 cm³/mol. The van der Waals surface area contributed by atoms with Crippen LogP contribution >= 0.6 is 0 Å². The number of benzene rings is 1. The Morgan fingerprint density at radius 2 is 1.78 bits per heavy atom. The van der Waals surface area contributed by atoms with Crippen molar-refractivity contribution in [3.05, 3.63) is 34.9 Å². The van der Waals surface area contributed by atoms with Gasteiger partial charge in [-0.05, 0) is 61.4 Å². The average Bonchev–Trinajstić information content (AvgIpc) is 2.30. The van der Waals surface area contributed by atoms with E-state index in [9.17, 15) is 0 Å². The van der Waals surface area contributed by atoms with Crippen LogP contribution in [0.25, 0.3) is 0 Å². The third-order valence-corrected chi connectivity index (χ3v) is 3.93. The highest BCUT2D eigenvalue weighted by molar-refractivity contribution is 5.33. The minimum absolute atomic E-state index is 0.617. The minimum atomic E-state index is 0.617. The summed E-state index contributed by atoms with van der Waals surface area (Å²) in [5, 5.41) is 3.33. The molecule has 0 spiro atoms.